The topological polar surface area (TPSA) is 86.8 Å². The van der Waals surface area contributed by atoms with Gasteiger partial charge in [0.2, 0.25) is 21.8 Å². The van der Waals surface area contributed by atoms with Gasteiger partial charge in [0.1, 0.15) is 5.82 Å². The quantitative estimate of drug-likeness (QED) is 0.767. The van der Waals surface area contributed by atoms with E-state index in [1.54, 1.807) is 17.0 Å². The predicted molar refractivity (Wildman–Crippen MR) is 115 cm³/mol. The Morgan fingerprint density at radius 2 is 1.71 bits per heavy atom. The van der Waals surface area contributed by atoms with Crippen LogP contribution in [0.5, 0.6) is 0 Å². The van der Waals surface area contributed by atoms with Gasteiger partial charge in [0.25, 0.3) is 0 Å². The van der Waals surface area contributed by atoms with Crippen LogP contribution in [0.25, 0.3) is 0 Å². The molecule has 2 aliphatic heterocycles. The number of anilines is 2. The number of nitrogens with zero attached hydrogens (tertiary/aromatic N) is 2. The number of carbonyl (C=O) groups excluding carboxylic acids is 2. The summed E-state index contributed by atoms with van der Waals surface area (Å²) in [4.78, 5) is 26.3. The van der Waals surface area contributed by atoms with Crippen LogP contribution < -0.4 is 10.2 Å². The Bertz CT molecular complexity index is 1070. The molecule has 2 aromatic carbocycles. The van der Waals surface area contributed by atoms with Gasteiger partial charge in [0.05, 0.1) is 10.8 Å². The van der Waals surface area contributed by atoms with Gasteiger partial charge in [-0.3, -0.25) is 9.59 Å². The molecule has 31 heavy (non-hydrogen) atoms. The van der Waals surface area contributed by atoms with Crippen LogP contribution in [0.15, 0.2) is 53.4 Å². The maximum absolute atomic E-state index is 13.1. The van der Waals surface area contributed by atoms with Crippen molar-refractivity contribution in [2.24, 2.45) is 5.92 Å². The normalized spacial score (nSPS) is 20.1. The molecule has 1 atom stereocenters. The molecule has 9 heteroatoms. The second kappa shape index (κ2) is 8.76. The number of hydrogen-bond donors (Lipinski definition) is 1. The molecule has 2 saturated heterocycles. The Morgan fingerprint density at radius 1 is 1.00 bits per heavy atom. The first-order valence-electron chi connectivity index (χ1n) is 10.3. The van der Waals surface area contributed by atoms with Crippen LogP contribution in [-0.4, -0.2) is 44.2 Å². The summed E-state index contributed by atoms with van der Waals surface area (Å²) in [6.45, 7) is 1.07. The minimum atomic E-state index is -3.76. The van der Waals surface area contributed by atoms with E-state index in [1.165, 1.54) is 40.7 Å². The van der Waals surface area contributed by atoms with E-state index >= 15 is 0 Å². The highest BCUT2D eigenvalue weighted by atomic mass is 32.2. The smallest absolute Gasteiger partial charge is 0.243 e. The molecule has 2 fully saturated rings. The molecule has 0 radical (unpaired) electrons. The van der Waals surface area contributed by atoms with Gasteiger partial charge in [-0.1, -0.05) is 0 Å². The number of sulfonamides is 1. The fourth-order valence-electron chi connectivity index (χ4n) is 4.02. The number of amides is 2. The summed E-state index contributed by atoms with van der Waals surface area (Å²) in [6.07, 6.45) is 2.46. The zero-order valence-corrected chi connectivity index (χ0v) is 17.8. The Morgan fingerprint density at radius 3 is 2.35 bits per heavy atom. The standard InChI is InChI=1S/C22H24FN3O4S/c23-17-5-7-18(8-6-17)24-22(28)16-3-1-13-25(15-16)31(29,30)20-11-9-19(10-12-20)26-14-2-4-21(26)27/h5-12,16H,1-4,13-15H2,(H,24,28)/t16-/m1/s1. The molecule has 7 nitrogen and oxygen atoms in total. The highest BCUT2D eigenvalue weighted by molar-refractivity contribution is 7.89. The maximum atomic E-state index is 13.1. The van der Waals surface area contributed by atoms with Crippen LogP contribution in [0.1, 0.15) is 25.7 Å². The van der Waals surface area contributed by atoms with Crippen LogP contribution >= 0.6 is 0 Å². The summed E-state index contributed by atoms with van der Waals surface area (Å²) in [5.74, 6) is -1.13. The van der Waals surface area contributed by atoms with Crippen molar-refractivity contribution in [2.45, 2.75) is 30.6 Å². The minimum Gasteiger partial charge on any atom is -0.326 e. The van der Waals surface area contributed by atoms with Crippen molar-refractivity contribution in [3.8, 4) is 0 Å². The second-order valence-corrected chi connectivity index (χ2v) is 9.78. The van der Waals surface area contributed by atoms with Crippen molar-refractivity contribution in [1.82, 2.24) is 4.31 Å². The Hall–Kier alpha value is -2.78. The first-order chi connectivity index (χ1) is 14.8. The molecule has 1 N–H and O–H groups in total. The van der Waals surface area contributed by atoms with Gasteiger partial charge in [0, 0.05) is 37.4 Å². The van der Waals surface area contributed by atoms with Gasteiger partial charge in [-0.15, -0.1) is 0 Å². The van der Waals surface area contributed by atoms with Gasteiger partial charge in [-0.25, -0.2) is 12.8 Å². The Kier molecular flexibility index (Phi) is 6.06. The lowest BCUT2D eigenvalue weighted by Crippen LogP contribution is -2.43. The first kappa shape index (κ1) is 21.5. The molecular weight excluding hydrogens is 421 g/mol. The lowest BCUT2D eigenvalue weighted by atomic mass is 9.99. The van der Waals surface area contributed by atoms with Crippen molar-refractivity contribution in [1.29, 1.82) is 0 Å². The number of carbonyl (C=O) groups is 2. The number of piperidine rings is 1. The number of benzene rings is 2. The van der Waals surface area contributed by atoms with Gasteiger partial charge in [-0.05, 0) is 67.8 Å². The molecule has 0 saturated carbocycles. The third-order valence-electron chi connectivity index (χ3n) is 5.73. The van der Waals surface area contributed by atoms with Crippen molar-refractivity contribution in [3.63, 3.8) is 0 Å². The van der Waals surface area contributed by atoms with Crippen LogP contribution in [-0.2, 0) is 19.6 Å². The van der Waals surface area contributed by atoms with E-state index in [9.17, 15) is 22.4 Å². The van der Waals surface area contributed by atoms with Crippen molar-refractivity contribution < 1.29 is 22.4 Å². The molecule has 4 rings (SSSR count). The van der Waals surface area contributed by atoms with Gasteiger partial charge >= 0.3 is 0 Å². The van der Waals surface area contributed by atoms with E-state index in [2.05, 4.69) is 5.32 Å². The van der Waals surface area contributed by atoms with Crippen LogP contribution in [0, 0.1) is 11.7 Å². The zero-order valence-electron chi connectivity index (χ0n) is 17.0. The van der Waals surface area contributed by atoms with E-state index in [0.29, 0.717) is 43.7 Å². The average Bonchev–Trinajstić information content (AvgIpc) is 3.21. The molecule has 0 bridgehead atoms. The fraction of sp³-hybridized carbons (Fsp3) is 0.364. The molecule has 2 aromatic rings. The SMILES string of the molecule is O=C(Nc1ccc(F)cc1)[C@@H]1CCCN(S(=O)(=O)c2ccc(N3CCCC3=O)cc2)C1. The molecule has 0 aliphatic carbocycles. The lowest BCUT2D eigenvalue weighted by Gasteiger charge is -2.31. The number of hydrogen-bond acceptors (Lipinski definition) is 4. The zero-order chi connectivity index (χ0) is 22.0. The van der Waals surface area contributed by atoms with Crippen molar-refractivity contribution >= 4 is 33.2 Å². The second-order valence-electron chi connectivity index (χ2n) is 7.84. The Balaban J connectivity index is 1.44. The summed E-state index contributed by atoms with van der Waals surface area (Å²) >= 11 is 0. The van der Waals surface area contributed by atoms with E-state index < -0.39 is 21.8 Å². The summed E-state index contributed by atoms with van der Waals surface area (Å²) in [7, 11) is -3.76. The van der Waals surface area contributed by atoms with Gasteiger partial charge < -0.3 is 10.2 Å². The largest absolute Gasteiger partial charge is 0.326 e. The summed E-state index contributed by atoms with van der Waals surface area (Å²) in [5.41, 5.74) is 1.16. The van der Waals surface area contributed by atoms with Crippen molar-refractivity contribution in [2.75, 3.05) is 29.9 Å². The summed E-state index contributed by atoms with van der Waals surface area (Å²) in [6, 6.07) is 11.8. The first-order valence-corrected chi connectivity index (χ1v) is 11.8. The van der Waals surface area contributed by atoms with Crippen molar-refractivity contribution in [3.05, 3.63) is 54.3 Å². The van der Waals surface area contributed by atoms with E-state index in [4.69, 9.17) is 0 Å². The predicted octanol–water partition coefficient (Wildman–Crippen LogP) is 2.99. The van der Waals surface area contributed by atoms with Gasteiger partial charge in [-0.2, -0.15) is 4.31 Å². The molecule has 2 amide bonds. The molecule has 2 aliphatic rings. The van der Waals surface area contributed by atoms with Crippen LogP contribution in [0.2, 0.25) is 0 Å². The number of nitrogens with one attached hydrogen (secondary N) is 1. The average molecular weight is 446 g/mol. The minimum absolute atomic E-state index is 0.0432. The molecule has 164 valence electrons. The molecule has 0 unspecified atom stereocenters. The Labute approximate surface area is 180 Å². The summed E-state index contributed by atoms with van der Waals surface area (Å²) in [5, 5.41) is 2.73. The van der Waals surface area contributed by atoms with Crippen LogP contribution in [0.3, 0.4) is 0 Å². The molecule has 2 heterocycles. The molecular formula is C22H24FN3O4S. The fourth-order valence-corrected chi connectivity index (χ4v) is 5.54. The van der Waals surface area contributed by atoms with E-state index in [-0.39, 0.29) is 23.3 Å². The highest BCUT2D eigenvalue weighted by Gasteiger charge is 2.33. The molecule has 0 spiro atoms. The van der Waals surface area contributed by atoms with Crippen LogP contribution in [0.4, 0.5) is 15.8 Å². The van der Waals surface area contributed by atoms with E-state index in [0.717, 1.165) is 6.42 Å². The monoisotopic (exact) mass is 445 g/mol. The third kappa shape index (κ3) is 4.62. The lowest BCUT2D eigenvalue weighted by molar-refractivity contribution is -0.121. The number of halogens is 1. The maximum Gasteiger partial charge on any atom is 0.243 e. The number of rotatable bonds is 5. The molecule has 0 aromatic heterocycles. The van der Waals surface area contributed by atoms with Gasteiger partial charge in [0.15, 0.2) is 0 Å². The van der Waals surface area contributed by atoms with E-state index in [1.807, 2.05) is 0 Å². The highest BCUT2D eigenvalue weighted by Crippen LogP contribution is 2.27. The summed E-state index contributed by atoms with van der Waals surface area (Å²) < 4.78 is 40.6. The third-order valence-corrected chi connectivity index (χ3v) is 7.61.